The van der Waals surface area contributed by atoms with E-state index < -0.39 is 0 Å². The smallest absolute Gasteiger partial charge is 0.322 e. The van der Waals surface area contributed by atoms with Crippen LogP contribution in [0, 0.1) is 0 Å². The summed E-state index contributed by atoms with van der Waals surface area (Å²) in [6, 6.07) is 1.57. The van der Waals surface area contributed by atoms with Crippen molar-refractivity contribution in [2.24, 2.45) is 0 Å². The zero-order chi connectivity index (χ0) is 7.40. The highest BCUT2D eigenvalue weighted by molar-refractivity contribution is 9.09. The topological polar surface area (TPSA) is 39.4 Å². The lowest BCUT2D eigenvalue weighted by Crippen LogP contribution is -2.07. The minimum Gasteiger partial charge on any atom is -0.469 e. The molecule has 1 heterocycles. The number of carbonyl (C=O) groups is 1. The molecule has 1 aromatic heterocycles. The molecule has 1 aromatic rings. The second-order valence-corrected chi connectivity index (χ2v) is 2.13. The van der Waals surface area contributed by atoms with Gasteiger partial charge in [-0.1, -0.05) is 15.9 Å². The third-order valence-electron chi connectivity index (χ3n) is 0.836. The van der Waals surface area contributed by atoms with Crippen molar-refractivity contribution >= 4 is 21.9 Å². The Labute approximate surface area is 66.1 Å². The van der Waals surface area contributed by atoms with Gasteiger partial charge in [0, 0.05) is 6.07 Å². The number of hydrogen-bond donors (Lipinski definition) is 0. The van der Waals surface area contributed by atoms with Crippen LogP contribution in [0.4, 0.5) is 0 Å². The van der Waals surface area contributed by atoms with Crippen molar-refractivity contribution in [3.8, 4) is 5.75 Å². The van der Waals surface area contributed by atoms with E-state index >= 15 is 0 Å². The molecule has 0 amide bonds. The van der Waals surface area contributed by atoms with Crippen LogP contribution in [0.5, 0.6) is 5.75 Å². The Bertz CT molecular complexity index is 205. The summed E-state index contributed by atoms with van der Waals surface area (Å²) in [5.74, 6) is 0.103. The summed E-state index contributed by atoms with van der Waals surface area (Å²) >= 11 is 2.96. The maximum absolute atomic E-state index is 10.6. The summed E-state index contributed by atoms with van der Waals surface area (Å²) in [5, 5.41) is 0.193. The first-order valence-corrected chi connectivity index (χ1v) is 3.74. The van der Waals surface area contributed by atoms with Gasteiger partial charge in [0.2, 0.25) is 0 Å². The van der Waals surface area contributed by atoms with Gasteiger partial charge >= 0.3 is 5.97 Å². The van der Waals surface area contributed by atoms with Crippen LogP contribution in [0.15, 0.2) is 23.0 Å². The molecule has 0 aliphatic carbocycles. The van der Waals surface area contributed by atoms with Crippen molar-refractivity contribution in [1.82, 2.24) is 0 Å². The molecule has 1 rings (SSSR count). The number of carbonyl (C=O) groups excluding carboxylic acids is 1. The van der Waals surface area contributed by atoms with E-state index in [1.807, 2.05) is 0 Å². The Kier molecular flexibility index (Phi) is 2.50. The molecule has 0 unspecified atom stereocenters. The lowest BCUT2D eigenvalue weighted by molar-refractivity contribution is -0.131. The van der Waals surface area contributed by atoms with Crippen molar-refractivity contribution in [1.29, 1.82) is 0 Å². The van der Waals surface area contributed by atoms with Crippen molar-refractivity contribution in [3.63, 3.8) is 0 Å². The molecule has 0 atom stereocenters. The number of ether oxygens (including phenoxy) is 1. The molecule has 0 aliphatic heterocycles. The quantitative estimate of drug-likeness (QED) is 0.543. The van der Waals surface area contributed by atoms with E-state index in [4.69, 9.17) is 4.74 Å². The van der Waals surface area contributed by atoms with Gasteiger partial charge in [-0.3, -0.25) is 4.79 Å². The van der Waals surface area contributed by atoms with Crippen LogP contribution < -0.4 is 4.74 Å². The zero-order valence-electron chi connectivity index (χ0n) is 5.04. The molecule has 0 aromatic carbocycles. The molecular weight excluding hydrogens is 200 g/mol. The van der Waals surface area contributed by atoms with Crippen LogP contribution in [0.3, 0.4) is 0 Å². The van der Waals surface area contributed by atoms with Crippen molar-refractivity contribution < 1.29 is 13.9 Å². The molecule has 0 radical (unpaired) electrons. The minimum absolute atomic E-state index is 0.193. The molecule has 0 bridgehead atoms. The van der Waals surface area contributed by atoms with Gasteiger partial charge in [0.15, 0.2) is 5.75 Å². The number of alkyl halides is 1. The summed E-state index contributed by atoms with van der Waals surface area (Å²) in [5.41, 5.74) is 0. The van der Waals surface area contributed by atoms with Crippen LogP contribution in [0.1, 0.15) is 0 Å². The monoisotopic (exact) mass is 204 g/mol. The van der Waals surface area contributed by atoms with Crippen molar-refractivity contribution in [2.45, 2.75) is 0 Å². The Hall–Kier alpha value is -0.770. The van der Waals surface area contributed by atoms with Gasteiger partial charge in [-0.15, -0.1) is 0 Å². The molecule has 0 saturated carbocycles. The normalized spacial score (nSPS) is 9.30. The van der Waals surface area contributed by atoms with E-state index in [1.165, 1.54) is 12.5 Å². The van der Waals surface area contributed by atoms with Crippen LogP contribution in [-0.4, -0.2) is 11.3 Å². The standard InChI is InChI=1S/C6H5BrO3/c7-3-6(8)10-5-1-2-9-4-5/h1-2,4H,3H2. The number of halogens is 1. The minimum atomic E-state index is -0.332. The lowest BCUT2D eigenvalue weighted by atomic mass is 10.6. The predicted molar refractivity (Wildman–Crippen MR) is 38.1 cm³/mol. The molecule has 0 saturated heterocycles. The van der Waals surface area contributed by atoms with Gasteiger partial charge in [-0.25, -0.2) is 0 Å². The number of rotatable bonds is 2. The van der Waals surface area contributed by atoms with Gasteiger partial charge in [0.25, 0.3) is 0 Å². The fourth-order valence-corrected chi connectivity index (χ4v) is 0.583. The number of hydrogen-bond acceptors (Lipinski definition) is 3. The summed E-state index contributed by atoms with van der Waals surface area (Å²) < 4.78 is 9.39. The second kappa shape index (κ2) is 3.41. The van der Waals surface area contributed by atoms with E-state index in [2.05, 4.69) is 20.3 Å². The molecule has 10 heavy (non-hydrogen) atoms. The average Bonchev–Trinajstić information content (AvgIpc) is 2.40. The van der Waals surface area contributed by atoms with Crippen LogP contribution in [0.25, 0.3) is 0 Å². The fourth-order valence-electron chi connectivity index (χ4n) is 0.469. The highest BCUT2D eigenvalue weighted by Gasteiger charge is 2.01. The maximum atomic E-state index is 10.6. The fraction of sp³-hybridized carbons (Fsp3) is 0.167. The van der Waals surface area contributed by atoms with E-state index in [1.54, 1.807) is 6.07 Å². The maximum Gasteiger partial charge on any atom is 0.322 e. The van der Waals surface area contributed by atoms with Crippen LogP contribution >= 0.6 is 15.9 Å². The second-order valence-electron chi connectivity index (χ2n) is 1.57. The lowest BCUT2D eigenvalue weighted by Gasteiger charge is -1.94. The summed E-state index contributed by atoms with van der Waals surface area (Å²) in [7, 11) is 0. The molecule has 0 fully saturated rings. The van der Waals surface area contributed by atoms with Gasteiger partial charge < -0.3 is 9.15 Å². The van der Waals surface area contributed by atoms with E-state index in [0.717, 1.165) is 0 Å². The highest BCUT2D eigenvalue weighted by Crippen LogP contribution is 2.09. The zero-order valence-corrected chi connectivity index (χ0v) is 6.63. The molecule has 0 spiro atoms. The first-order chi connectivity index (χ1) is 4.83. The Balaban J connectivity index is 2.48. The van der Waals surface area contributed by atoms with Gasteiger partial charge in [0.05, 0.1) is 6.26 Å². The third-order valence-corrected chi connectivity index (χ3v) is 1.29. The van der Waals surface area contributed by atoms with Crippen LogP contribution in [0.2, 0.25) is 0 Å². The number of furan rings is 1. The predicted octanol–water partition coefficient (Wildman–Crippen LogP) is 1.58. The molecule has 4 heteroatoms. The van der Waals surface area contributed by atoms with Crippen molar-refractivity contribution in [2.75, 3.05) is 5.33 Å². The molecule has 0 aliphatic rings. The third kappa shape index (κ3) is 1.88. The number of esters is 1. The van der Waals surface area contributed by atoms with E-state index in [-0.39, 0.29) is 11.3 Å². The SMILES string of the molecule is O=C(CBr)Oc1ccoc1. The molecule has 54 valence electrons. The summed E-state index contributed by atoms with van der Waals surface area (Å²) in [4.78, 5) is 10.6. The molecular formula is C6H5BrO3. The molecule has 3 nitrogen and oxygen atoms in total. The van der Waals surface area contributed by atoms with Crippen LogP contribution in [-0.2, 0) is 4.79 Å². The van der Waals surface area contributed by atoms with Crippen molar-refractivity contribution in [3.05, 3.63) is 18.6 Å². The molecule has 0 N–H and O–H groups in total. The Morgan fingerprint density at radius 3 is 3.10 bits per heavy atom. The summed E-state index contributed by atoms with van der Waals surface area (Å²) in [6.45, 7) is 0. The first-order valence-electron chi connectivity index (χ1n) is 2.62. The largest absolute Gasteiger partial charge is 0.469 e. The Morgan fingerprint density at radius 1 is 1.80 bits per heavy atom. The first kappa shape index (κ1) is 7.34. The van der Waals surface area contributed by atoms with Gasteiger partial charge in [-0.05, 0) is 0 Å². The van der Waals surface area contributed by atoms with Gasteiger partial charge in [-0.2, -0.15) is 0 Å². The van der Waals surface area contributed by atoms with Gasteiger partial charge in [0.1, 0.15) is 11.6 Å². The Morgan fingerprint density at radius 2 is 2.60 bits per heavy atom. The van der Waals surface area contributed by atoms with E-state index in [9.17, 15) is 4.79 Å². The highest BCUT2D eigenvalue weighted by atomic mass is 79.9. The summed E-state index contributed by atoms with van der Waals surface area (Å²) in [6.07, 6.45) is 2.80. The average molecular weight is 205 g/mol. The van der Waals surface area contributed by atoms with E-state index in [0.29, 0.717) is 5.75 Å².